The summed E-state index contributed by atoms with van der Waals surface area (Å²) < 4.78 is 9.53. The number of esters is 1. The highest BCUT2D eigenvalue weighted by Gasteiger charge is 2.35. The van der Waals surface area contributed by atoms with Crippen molar-refractivity contribution in [3.8, 4) is 0 Å². The predicted octanol–water partition coefficient (Wildman–Crippen LogP) is -0.107. The minimum absolute atomic E-state index is 0.0191. The molecule has 1 fully saturated rings. The summed E-state index contributed by atoms with van der Waals surface area (Å²) in [6.45, 7) is 4.09. The van der Waals surface area contributed by atoms with Crippen LogP contribution in [-0.4, -0.2) is 74.6 Å². The molecule has 7 heteroatoms. The fraction of sp³-hybridized carbons (Fsp3) is 0.786. The molecular formula is C14H24N2O5. The fourth-order valence-corrected chi connectivity index (χ4v) is 2.37. The van der Waals surface area contributed by atoms with E-state index in [9.17, 15) is 14.4 Å². The zero-order valence-corrected chi connectivity index (χ0v) is 13.0. The van der Waals surface area contributed by atoms with Crippen LogP contribution in [0.1, 0.15) is 19.8 Å². The van der Waals surface area contributed by atoms with Crippen LogP contribution in [0.15, 0.2) is 0 Å². The number of amides is 2. The van der Waals surface area contributed by atoms with Gasteiger partial charge in [-0.25, -0.2) is 0 Å². The van der Waals surface area contributed by atoms with Crippen molar-refractivity contribution in [2.45, 2.75) is 19.8 Å². The molecule has 0 aliphatic carbocycles. The molecule has 1 unspecified atom stereocenters. The number of nitrogens with zero attached hydrogens (tertiary/aromatic N) is 2. The fourth-order valence-electron chi connectivity index (χ4n) is 2.37. The van der Waals surface area contributed by atoms with Crippen LogP contribution >= 0.6 is 0 Å². The lowest BCUT2D eigenvalue weighted by Crippen LogP contribution is -2.39. The summed E-state index contributed by atoms with van der Waals surface area (Å²) in [5.74, 6) is -0.762. The van der Waals surface area contributed by atoms with Gasteiger partial charge in [-0.1, -0.05) is 0 Å². The van der Waals surface area contributed by atoms with E-state index in [2.05, 4.69) is 4.74 Å². The Labute approximate surface area is 125 Å². The van der Waals surface area contributed by atoms with Gasteiger partial charge >= 0.3 is 5.97 Å². The summed E-state index contributed by atoms with van der Waals surface area (Å²) in [4.78, 5) is 38.7. The van der Waals surface area contributed by atoms with Crippen LogP contribution in [0.2, 0.25) is 0 Å². The number of rotatable bonds is 8. The second kappa shape index (κ2) is 8.61. The average molecular weight is 300 g/mol. The summed E-state index contributed by atoms with van der Waals surface area (Å²) in [5.41, 5.74) is 0. The normalized spacial score (nSPS) is 18.0. The lowest BCUT2D eigenvalue weighted by molar-refractivity contribution is -0.142. The number of methoxy groups -OCH3 is 2. The van der Waals surface area contributed by atoms with Crippen molar-refractivity contribution in [1.29, 1.82) is 0 Å². The summed E-state index contributed by atoms with van der Waals surface area (Å²) in [5, 5.41) is 0. The van der Waals surface area contributed by atoms with Gasteiger partial charge < -0.3 is 19.3 Å². The molecule has 2 amide bonds. The van der Waals surface area contributed by atoms with Crippen molar-refractivity contribution in [2.75, 3.05) is 47.0 Å². The highest BCUT2D eigenvalue weighted by molar-refractivity contribution is 5.89. The van der Waals surface area contributed by atoms with E-state index in [1.54, 1.807) is 16.9 Å². The maximum atomic E-state index is 12.4. The second-order valence-corrected chi connectivity index (χ2v) is 4.98. The first-order valence-corrected chi connectivity index (χ1v) is 7.15. The first-order chi connectivity index (χ1) is 10.0. The molecule has 0 N–H and O–H groups in total. The lowest BCUT2D eigenvalue weighted by Gasteiger charge is -2.23. The summed E-state index contributed by atoms with van der Waals surface area (Å²) in [6, 6.07) is 0. The molecule has 0 radical (unpaired) electrons. The van der Waals surface area contributed by atoms with E-state index in [1.807, 2.05) is 6.92 Å². The van der Waals surface area contributed by atoms with Gasteiger partial charge in [0.05, 0.1) is 26.1 Å². The second-order valence-electron chi connectivity index (χ2n) is 4.98. The van der Waals surface area contributed by atoms with Gasteiger partial charge in [-0.15, -0.1) is 0 Å². The maximum absolute atomic E-state index is 12.4. The van der Waals surface area contributed by atoms with Gasteiger partial charge in [0.15, 0.2) is 0 Å². The molecule has 1 heterocycles. The highest BCUT2D eigenvalue weighted by Crippen LogP contribution is 2.20. The molecule has 0 bridgehead atoms. The van der Waals surface area contributed by atoms with Crippen LogP contribution in [0.5, 0.6) is 0 Å². The maximum Gasteiger partial charge on any atom is 0.307 e. The summed E-state index contributed by atoms with van der Waals surface area (Å²) in [7, 11) is 2.90. The van der Waals surface area contributed by atoms with E-state index in [-0.39, 0.29) is 36.5 Å². The van der Waals surface area contributed by atoms with Crippen molar-refractivity contribution in [3.63, 3.8) is 0 Å². The zero-order valence-electron chi connectivity index (χ0n) is 13.0. The Bertz CT molecular complexity index is 386. The van der Waals surface area contributed by atoms with Crippen LogP contribution < -0.4 is 0 Å². The number of carbonyl (C=O) groups excluding carboxylic acids is 3. The zero-order chi connectivity index (χ0) is 15.8. The van der Waals surface area contributed by atoms with E-state index in [1.165, 1.54) is 7.11 Å². The van der Waals surface area contributed by atoms with Crippen LogP contribution in [-0.2, 0) is 23.9 Å². The third-order valence-electron chi connectivity index (χ3n) is 3.64. The van der Waals surface area contributed by atoms with E-state index in [4.69, 9.17) is 4.74 Å². The highest BCUT2D eigenvalue weighted by atomic mass is 16.5. The lowest BCUT2D eigenvalue weighted by atomic mass is 10.1. The van der Waals surface area contributed by atoms with E-state index < -0.39 is 0 Å². The van der Waals surface area contributed by atoms with Crippen molar-refractivity contribution < 1.29 is 23.9 Å². The molecular weight excluding hydrogens is 276 g/mol. The van der Waals surface area contributed by atoms with Crippen LogP contribution in [0.4, 0.5) is 0 Å². The number of ether oxygens (including phenoxy) is 2. The standard InChI is InChI=1S/C14H24N2O5/c1-4-15(6-5-13(18)21-3)14(19)11-9-12(17)16(10-11)7-8-20-2/h11H,4-10H2,1-3H3. The van der Waals surface area contributed by atoms with E-state index in [0.29, 0.717) is 32.8 Å². The molecule has 7 nitrogen and oxygen atoms in total. The van der Waals surface area contributed by atoms with Crippen molar-refractivity contribution in [2.24, 2.45) is 5.92 Å². The largest absolute Gasteiger partial charge is 0.469 e. The van der Waals surface area contributed by atoms with Gasteiger partial charge in [-0.2, -0.15) is 0 Å². The molecule has 1 saturated heterocycles. The SMILES string of the molecule is CCN(CCC(=O)OC)C(=O)C1CC(=O)N(CCOC)C1. The van der Waals surface area contributed by atoms with Crippen molar-refractivity contribution in [3.05, 3.63) is 0 Å². The summed E-state index contributed by atoms with van der Waals surface area (Å²) >= 11 is 0. The molecule has 0 spiro atoms. The molecule has 0 aromatic rings. The molecule has 120 valence electrons. The van der Waals surface area contributed by atoms with Crippen LogP contribution in [0.3, 0.4) is 0 Å². The smallest absolute Gasteiger partial charge is 0.307 e. The predicted molar refractivity (Wildman–Crippen MR) is 75.5 cm³/mol. The Morgan fingerprint density at radius 2 is 2.10 bits per heavy atom. The average Bonchev–Trinajstić information content (AvgIpc) is 2.86. The molecule has 1 aliphatic heterocycles. The molecule has 1 atom stereocenters. The molecule has 0 aromatic carbocycles. The Kier molecular flexibility index (Phi) is 7.14. The monoisotopic (exact) mass is 300 g/mol. The number of hydrogen-bond donors (Lipinski definition) is 0. The minimum Gasteiger partial charge on any atom is -0.469 e. The first kappa shape index (κ1) is 17.4. The van der Waals surface area contributed by atoms with Crippen LogP contribution in [0.25, 0.3) is 0 Å². The van der Waals surface area contributed by atoms with Crippen LogP contribution in [0, 0.1) is 5.92 Å². The van der Waals surface area contributed by atoms with E-state index >= 15 is 0 Å². The molecule has 1 rings (SSSR count). The third-order valence-corrected chi connectivity index (χ3v) is 3.64. The van der Waals surface area contributed by atoms with Gasteiger partial charge in [0.1, 0.15) is 0 Å². The first-order valence-electron chi connectivity index (χ1n) is 7.15. The molecule has 0 saturated carbocycles. The van der Waals surface area contributed by atoms with Gasteiger partial charge in [-0.3, -0.25) is 14.4 Å². The Morgan fingerprint density at radius 3 is 2.67 bits per heavy atom. The Hall–Kier alpha value is -1.63. The van der Waals surface area contributed by atoms with Crippen molar-refractivity contribution in [1.82, 2.24) is 9.80 Å². The number of likely N-dealkylation sites (tertiary alicyclic amines) is 1. The molecule has 21 heavy (non-hydrogen) atoms. The Balaban J connectivity index is 2.53. The van der Waals surface area contributed by atoms with Gasteiger partial charge in [0, 0.05) is 39.7 Å². The Morgan fingerprint density at radius 1 is 1.38 bits per heavy atom. The van der Waals surface area contributed by atoms with Gasteiger partial charge in [0.25, 0.3) is 0 Å². The topological polar surface area (TPSA) is 76.2 Å². The third kappa shape index (κ3) is 5.00. The molecule has 0 aromatic heterocycles. The van der Waals surface area contributed by atoms with Gasteiger partial charge in [-0.05, 0) is 6.92 Å². The van der Waals surface area contributed by atoms with Crippen molar-refractivity contribution >= 4 is 17.8 Å². The number of carbonyl (C=O) groups is 3. The molecule has 1 aliphatic rings. The number of hydrogen-bond acceptors (Lipinski definition) is 5. The summed E-state index contributed by atoms with van der Waals surface area (Å²) in [6.07, 6.45) is 0.404. The minimum atomic E-state index is -0.342. The van der Waals surface area contributed by atoms with Gasteiger partial charge in [0.2, 0.25) is 11.8 Å². The quantitative estimate of drug-likeness (QED) is 0.585. The van der Waals surface area contributed by atoms with E-state index in [0.717, 1.165) is 0 Å².